The summed E-state index contributed by atoms with van der Waals surface area (Å²) in [4.78, 5) is 23.7. The first-order chi connectivity index (χ1) is 15.0. The van der Waals surface area contributed by atoms with Crippen LogP contribution in [0, 0.1) is 0 Å². The zero-order valence-corrected chi connectivity index (χ0v) is 21.0. The van der Waals surface area contributed by atoms with Gasteiger partial charge in [0.05, 0.1) is 12.5 Å². The van der Waals surface area contributed by atoms with E-state index >= 15 is 0 Å². The molecular formula is C24H36BrN3O3. The molecule has 0 saturated heterocycles. The highest BCUT2D eigenvalue weighted by Crippen LogP contribution is 2.02. The van der Waals surface area contributed by atoms with Gasteiger partial charge in [0, 0.05) is 22.7 Å². The molecule has 31 heavy (non-hydrogen) atoms. The largest absolute Gasteiger partial charge is 0.463 e. The maximum atomic E-state index is 12.0. The first-order valence-corrected chi connectivity index (χ1v) is 11.5. The molecule has 0 aliphatic heterocycles. The van der Waals surface area contributed by atoms with Gasteiger partial charge in [-0.3, -0.25) is 9.59 Å². The number of carbonyl (C=O) groups excluding carboxylic acids is 2. The van der Waals surface area contributed by atoms with E-state index in [4.69, 9.17) is 4.42 Å². The Bertz CT molecular complexity index is 746. The van der Waals surface area contributed by atoms with Gasteiger partial charge < -0.3 is 9.73 Å². The fourth-order valence-electron chi connectivity index (χ4n) is 1.84. The van der Waals surface area contributed by atoms with Crippen molar-refractivity contribution in [2.75, 3.05) is 5.33 Å². The Balaban J connectivity index is 0. The van der Waals surface area contributed by atoms with Crippen LogP contribution in [0.15, 0.2) is 75.6 Å². The summed E-state index contributed by atoms with van der Waals surface area (Å²) in [6, 6.07) is 3.44. The molecule has 0 spiro atoms. The molecule has 6 nitrogen and oxygen atoms in total. The van der Waals surface area contributed by atoms with Gasteiger partial charge in [-0.25, -0.2) is 5.43 Å². The second-order valence-corrected chi connectivity index (χ2v) is 6.28. The van der Waals surface area contributed by atoms with Gasteiger partial charge in [0.15, 0.2) is 0 Å². The Morgan fingerprint density at radius 3 is 2.39 bits per heavy atom. The van der Waals surface area contributed by atoms with Crippen molar-refractivity contribution in [2.45, 2.75) is 54.4 Å². The minimum atomic E-state index is -0.370. The molecule has 172 valence electrons. The predicted octanol–water partition coefficient (Wildman–Crippen LogP) is 6.04. The minimum absolute atomic E-state index is 0.255. The van der Waals surface area contributed by atoms with Gasteiger partial charge in [0.1, 0.15) is 5.76 Å². The number of rotatable bonds is 9. The summed E-state index contributed by atoms with van der Waals surface area (Å²) >= 11 is 3.21. The monoisotopic (exact) mass is 493 g/mol. The van der Waals surface area contributed by atoms with E-state index in [2.05, 4.69) is 50.8 Å². The zero-order chi connectivity index (χ0) is 23.9. The molecule has 0 aromatic carbocycles. The number of alkyl halides is 1. The van der Waals surface area contributed by atoms with E-state index in [0.29, 0.717) is 22.4 Å². The number of amides is 2. The normalized spacial score (nSPS) is 11.7. The summed E-state index contributed by atoms with van der Waals surface area (Å²) in [6.45, 7) is 11.7. The number of hydrogen-bond acceptors (Lipinski definition) is 4. The molecule has 2 amide bonds. The van der Waals surface area contributed by atoms with Crippen LogP contribution in [0.4, 0.5) is 0 Å². The van der Waals surface area contributed by atoms with Crippen molar-refractivity contribution in [1.29, 1.82) is 0 Å². The van der Waals surface area contributed by atoms with Crippen LogP contribution in [0.3, 0.4) is 0 Å². The number of allylic oxidation sites excluding steroid dienone is 5. The number of hydrogen-bond donors (Lipinski definition) is 2. The number of nitrogens with zero attached hydrogens (tertiary/aromatic N) is 1. The second-order valence-electron chi connectivity index (χ2n) is 5.63. The van der Waals surface area contributed by atoms with Crippen LogP contribution in [0.2, 0.25) is 0 Å². The molecule has 1 aromatic rings. The minimum Gasteiger partial charge on any atom is -0.463 e. The number of halogens is 1. The third-order valence-corrected chi connectivity index (χ3v) is 3.53. The van der Waals surface area contributed by atoms with Crippen LogP contribution in [0.5, 0.6) is 0 Å². The lowest BCUT2D eigenvalue weighted by atomic mass is 10.2. The fraction of sp³-hybridized carbons (Fsp3) is 0.375. The molecule has 2 N–H and O–H groups in total. The summed E-state index contributed by atoms with van der Waals surface area (Å²) in [5.41, 5.74) is 3.37. The molecule has 0 unspecified atom stereocenters. The van der Waals surface area contributed by atoms with Crippen molar-refractivity contribution in [1.82, 2.24) is 10.7 Å². The maximum absolute atomic E-state index is 12.0. The Labute approximate surface area is 195 Å². The fourth-order valence-corrected chi connectivity index (χ4v) is 2.03. The number of furan rings is 1. The summed E-state index contributed by atoms with van der Waals surface area (Å²) < 4.78 is 5.07. The van der Waals surface area contributed by atoms with Crippen LogP contribution >= 0.6 is 15.9 Å². The first kappa shape index (κ1) is 30.5. The smallest absolute Gasteiger partial charge is 0.267 e. The highest BCUT2D eigenvalue weighted by Gasteiger charge is 2.05. The lowest BCUT2D eigenvalue weighted by molar-refractivity contribution is -0.117. The van der Waals surface area contributed by atoms with Crippen LogP contribution < -0.4 is 10.7 Å². The third-order valence-electron chi connectivity index (χ3n) is 3.15. The van der Waals surface area contributed by atoms with E-state index in [1.54, 1.807) is 31.2 Å². The number of nitrogens with one attached hydrogen (secondary N) is 2. The van der Waals surface area contributed by atoms with Crippen molar-refractivity contribution in [3.63, 3.8) is 0 Å². The van der Waals surface area contributed by atoms with E-state index in [1.165, 1.54) is 18.6 Å². The molecule has 0 atom stereocenters. The molecule has 0 radical (unpaired) electrons. The molecule has 7 heteroatoms. The van der Waals surface area contributed by atoms with Crippen LogP contribution in [0.25, 0.3) is 0 Å². The van der Waals surface area contributed by atoms with Crippen molar-refractivity contribution in [2.24, 2.45) is 5.10 Å². The molecule has 0 aliphatic carbocycles. The average molecular weight is 494 g/mol. The lowest BCUT2D eigenvalue weighted by Crippen LogP contribution is -2.22. The SMILES string of the molecule is C/C=C\CC.CC.CC/C=C(\C=C(/C)C(=O)N/N=C/c1ccco1)NC(=O)/C=C/CBr. The van der Waals surface area contributed by atoms with Crippen LogP contribution in [0.1, 0.15) is 60.1 Å². The van der Waals surface area contributed by atoms with Gasteiger partial charge >= 0.3 is 0 Å². The second kappa shape index (κ2) is 22.0. The molecule has 0 aliphatic rings. The Kier molecular flexibility index (Phi) is 21.7. The Hall–Kier alpha value is -2.67. The van der Waals surface area contributed by atoms with Crippen molar-refractivity contribution >= 4 is 34.0 Å². The van der Waals surface area contributed by atoms with Gasteiger partial charge in [0.2, 0.25) is 5.91 Å². The van der Waals surface area contributed by atoms with E-state index in [9.17, 15) is 9.59 Å². The predicted molar refractivity (Wildman–Crippen MR) is 134 cm³/mol. The molecule has 1 aromatic heterocycles. The number of carbonyl (C=O) groups is 2. The Morgan fingerprint density at radius 2 is 1.90 bits per heavy atom. The maximum Gasteiger partial charge on any atom is 0.267 e. The third kappa shape index (κ3) is 17.9. The quantitative estimate of drug-likeness (QED) is 0.110. The van der Waals surface area contributed by atoms with Crippen molar-refractivity contribution in [3.05, 3.63) is 71.9 Å². The van der Waals surface area contributed by atoms with Crippen LogP contribution in [-0.4, -0.2) is 23.4 Å². The summed E-state index contributed by atoms with van der Waals surface area (Å²) in [5, 5.41) is 7.12. The summed E-state index contributed by atoms with van der Waals surface area (Å²) in [7, 11) is 0. The van der Waals surface area contributed by atoms with Crippen molar-refractivity contribution in [3.8, 4) is 0 Å². The first-order valence-electron chi connectivity index (χ1n) is 10.4. The van der Waals surface area contributed by atoms with Crippen LogP contribution in [-0.2, 0) is 9.59 Å². The average Bonchev–Trinajstić information content (AvgIpc) is 3.28. The molecule has 1 heterocycles. The Morgan fingerprint density at radius 1 is 1.19 bits per heavy atom. The highest BCUT2D eigenvalue weighted by molar-refractivity contribution is 9.09. The topological polar surface area (TPSA) is 83.7 Å². The standard InChI is InChI=1S/C17H20BrN3O3.C5H10.C2H6/c1-3-6-14(20-16(22)8-4-9-18)11-13(2)17(23)21-19-12-15-7-5-10-24-15;1-3-5-4-2;1-2/h4-8,10-12H,3,9H2,1-2H3,(H,20,22)(H,21,23);3,5H,4H2,1-2H3;1-2H3/b8-4+,13-11+,14-6+,19-12+;5-3-;. The molecule has 1 rings (SSSR count). The van der Waals surface area contributed by atoms with Gasteiger partial charge in [-0.1, -0.05) is 67.9 Å². The molecule has 0 fully saturated rings. The van der Waals surface area contributed by atoms with E-state index in [1.807, 2.05) is 33.8 Å². The van der Waals surface area contributed by atoms with E-state index in [-0.39, 0.29) is 11.8 Å². The molecular weight excluding hydrogens is 458 g/mol. The molecule has 0 bridgehead atoms. The van der Waals surface area contributed by atoms with Gasteiger partial charge in [-0.05, 0) is 44.9 Å². The summed E-state index contributed by atoms with van der Waals surface area (Å²) in [5.74, 6) is -0.0890. The lowest BCUT2D eigenvalue weighted by Gasteiger charge is -2.05. The van der Waals surface area contributed by atoms with Gasteiger partial charge in [0.25, 0.3) is 5.91 Å². The number of hydrazone groups is 1. The molecule has 0 saturated carbocycles. The van der Waals surface area contributed by atoms with E-state index < -0.39 is 0 Å². The van der Waals surface area contributed by atoms with E-state index in [0.717, 1.165) is 12.8 Å². The van der Waals surface area contributed by atoms with Gasteiger partial charge in [-0.15, -0.1) is 0 Å². The summed E-state index contributed by atoms with van der Waals surface area (Å²) in [6.07, 6.45) is 15.5. The zero-order valence-electron chi connectivity index (χ0n) is 19.4. The van der Waals surface area contributed by atoms with Gasteiger partial charge in [-0.2, -0.15) is 5.10 Å². The highest BCUT2D eigenvalue weighted by atomic mass is 79.9. The van der Waals surface area contributed by atoms with Crippen molar-refractivity contribution < 1.29 is 14.0 Å².